The molecule has 1 aliphatic heterocycles. The van der Waals surface area contributed by atoms with Crippen LogP contribution in [0, 0.1) is 12.8 Å². The van der Waals surface area contributed by atoms with Gasteiger partial charge in [0.05, 0.1) is 5.69 Å². The second-order valence-corrected chi connectivity index (χ2v) is 10.3. The van der Waals surface area contributed by atoms with Crippen molar-refractivity contribution in [2.24, 2.45) is 5.92 Å². The molecule has 0 radical (unpaired) electrons. The summed E-state index contributed by atoms with van der Waals surface area (Å²) in [6.07, 6.45) is 8.13. The van der Waals surface area contributed by atoms with E-state index in [0.29, 0.717) is 17.8 Å². The predicted molar refractivity (Wildman–Crippen MR) is 151 cm³/mol. The molecule has 2 heterocycles. The van der Waals surface area contributed by atoms with Gasteiger partial charge in [-0.15, -0.1) is 0 Å². The summed E-state index contributed by atoms with van der Waals surface area (Å²) in [6.45, 7) is 8.59. The van der Waals surface area contributed by atoms with Crippen LogP contribution in [0.3, 0.4) is 0 Å². The number of fused-ring (bicyclic) bond motifs is 1. The monoisotopic (exact) mass is 495 g/mol. The highest BCUT2D eigenvalue weighted by molar-refractivity contribution is 6.09. The first-order valence-electron chi connectivity index (χ1n) is 13.6. The van der Waals surface area contributed by atoms with E-state index in [2.05, 4.69) is 59.0 Å². The maximum atomic E-state index is 13.4. The fraction of sp³-hybridized carbons (Fsp3) is 0.387. The average Bonchev–Trinajstić information content (AvgIpc) is 3.31. The molecule has 0 bridgehead atoms. The fourth-order valence-electron chi connectivity index (χ4n) is 5.64. The van der Waals surface area contributed by atoms with Gasteiger partial charge in [0, 0.05) is 34.6 Å². The molecule has 2 aliphatic rings. The van der Waals surface area contributed by atoms with Crippen molar-refractivity contribution in [3.63, 3.8) is 0 Å². The molecule has 1 saturated heterocycles. The van der Waals surface area contributed by atoms with Gasteiger partial charge in [-0.1, -0.05) is 56.5 Å². The molecular weight excluding hydrogens is 458 g/mol. The van der Waals surface area contributed by atoms with Crippen molar-refractivity contribution in [1.29, 1.82) is 0 Å². The van der Waals surface area contributed by atoms with E-state index < -0.39 is 0 Å². The SMILES string of the molecule is CCC(CC)C1C(C(=O)Nc2ccc(C)cc2)=Cc2cnc(Nc3ccc(C4CCNCC4)cc3)nc21. The standard InChI is InChI=1S/C31H37N5O/c1-4-21(5-2)28-27(30(37)34-25-10-6-20(3)7-11-25)18-24-19-33-31(36-29(24)28)35-26-12-8-22(9-13-26)23-14-16-32-17-15-23/h6-13,18-19,21,23,28,32H,4-5,14-17H2,1-3H3,(H,34,37)(H,33,35,36). The number of nitrogens with one attached hydrogen (secondary N) is 3. The summed E-state index contributed by atoms with van der Waals surface area (Å²) in [7, 11) is 0. The number of amides is 1. The molecular formula is C31H37N5O. The number of carbonyl (C=O) groups excluding carboxylic acids is 1. The van der Waals surface area contributed by atoms with Crippen molar-refractivity contribution in [2.75, 3.05) is 23.7 Å². The van der Waals surface area contributed by atoms with E-state index in [1.807, 2.05) is 43.5 Å². The Hall–Kier alpha value is -3.51. The Morgan fingerprint density at radius 2 is 1.68 bits per heavy atom. The second-order valence-electron chi connectivity index (χ2n) is 10.3. The molecule has 1 amide bonds. The molecule has 37 heavy (non-hydrogen) atoms. The molecule has 1 aliphatic carbocycles. The van der Waals surface area contributed by atoms with Gasteiger partial charge in [-0.25, -0.2) is 9.97 Å². The van der Waals surface area contributed by atoms with Gasteiger partial charge >= 0.3 is 0 Å². The molecule has 2 aromatic carbocycles. The summed E-state index contributed by atoms with van der Waals surface area (Å²) >= 11 is 0. The van der Waals surface area contributed by atoms with E-state index in [4.69, 9.17) is 4.98 Å². The third-order valence-electron chi connectivity index (χ3n) is 7.86. The molecule has 0 spiro atoms. The Morgan fingerprint density at radius 3 is 2.35 bits per heavy atom. The Balaban J connectivity index is 1.35. The quantitative estimate of drug-likeness (QED) is 0.330. The van der Waals surface area contributed by atoms with Gasteiger partial charge in [0.15, 0.2) is 0 Å². The molecule has 1 aromatic heterocycles. The second kappa shape index (κ2) is 11.3. The molecule has 192 valence electrons. The van der Waals surface area contributed by atoms with E-state index in [1.54, 1.807) is 0 Å². The maximum Gasteiger partial charge on any atom is 0.252 e. The van der Waals surface area contributed by atoms with Crippen LogP contribution in [0.5, 0.6) is 0 Å². The molecule has 1 atom stereocenters. The number of anilines is 3. The minimum atomic E-state index is -0.0678. The first-order valence-corrected chi connectivity index (χ1v) is 13.6. The number of hydrogen-bond donors (Lipinski definition) is 3. The zero-order valence-electron chi connectivity index (χ0n) is 22.1. The van der Waals surface area contributed by atoms with Gasteiger partial charge in [-0.05, 0) is 80.6 Å². The number of aromatic nitrogens is 2. The van der Waals surface area contributed by atoms with Crippen LogP contribution >= 0.6 is 0 Å². The smallest absolute Gasteiger partial charge is 0.252 e. The molecule has 5 rings (SSSR count). The molecule has 6 nitrogen and oxygen atoms in total. The molecule has 6 heteroatoms. The van der Waals surface area contributed by atoms with E-state index in [0.717, 1.165) is 59.7 Å². The van der Waals surface area contributed by atoms with Crippen LogP contribution in [0.4, 0.5) is 17.3 Å². The number of carbonyl (C=O) groups is 1. The van der Waals surface area contributed by atoms with Gasteiger partial charge in [-0.2, -0.15) is 0 Å². The lowest BCUT2D eigenvalue weighted by molar-refractivity contribution is -0.113. The van der Waals surface area contributed by atoms with Crippen LogP contribution in [0.25, 0.3) is 6.08 Å². The zero-order valence-corrected chi connectivity index (χ0v) is 22.1. The number of rotatable bonds is 8. The number of benzene rings is 2. The summed E-state index contributed by atoms with van der Waals surface area (Å²) in [6, 6.07) is 16.6. The van der Waals surface area contributed by atoms with Crippen molar-refractivity contribution < 1.29 is 4.79 Å². The topological polar surface area (TPSA) is 78.9 Å². The maximum absolute atomic E-state index is 13.4. The number of hydrogen-bond acceptors (Lipinski definition) is 5. The number of nitrogens with zero attached hydrogens (tertiary/aromatic N) is 2. The molecule has 1 unspecified atom stereocenters. The van der Waals surface area contributed by atoms with Crippen LogP contribution in [0.1, 0.15) is 73.8 Å². The fourth-order valence-corrected chi connectivity index (χ4v) is 5.64. The molecule has 3 N–H and O–H groups in total. The minimum absolute atomic E-state index is 0.0544. The van der Waals surface area contributed by atoms with Crippen molar-refractivity contribution in [3.8, 4) is 0 Å². The first kappa shape index (κ1) is 25.2. The lowest BCUT2D eigenvalue weighted by Crippen LogP contribution is -2.26. The van der Waals surface area contributed by atoms with Gasteiger partial charge in [0.1, 0.15) is 0 Å². The van der Waals surface area contributed by atoms with Crippen molar-refractivity contribution in [3.05, 3.63) is 82.7 Å². The van der Waals surface area contributed by atoms with E-state index in [9.17, 15) is 4.79 Å². The van der Waals surface area contributed by atoms with E-state index >= 15 is 0 Å². The summed E-state index contributed by atoms with van der Waals surface area (Å²) in [5, 5.41) is 9.92. The van der Waals surface area contributed by atoms with Gasteiger partial charge in [0.2, 0.25) is 5.95 Å². The largest absolute Gasteiger partial charge is 0.324 e. The van der Waals surface area contributed by atoms with Crippen molar-refractivity contribution >= 4 is 29.3 Å². The molecule has 3 aromatic rings. The summed E-state index contributed by atoms with van der Waals surface area (Å²) < 4.78 is 0. The van der Waals surface area contributed by atoms with Crippen LogP contribution in [0.2, 0.25) is 0 Å². The Morgan fingerprint density at radius 1 is 1.00 bits per heavy atom. The highest BCUT2D eigenvalue weighted by Crippen LogP contribution is 2.43. The van der Waals surface area contributed by atoms with Gasteiger partial charge in [-0.3, -0.25) is 4.79 Å². The first-order chi connectivity index (χ1) is 18.1. The zero-order chi connectivity index (χ0) is 25.8. The lowest BCUT2D eigenvalue weighted by atomic mass is 9.82. The third-order valence-corrected chi connectivity index (χ3v) is 7.86. The Kier molecular flexibility index (Phi) is 7.65. The summed E-state index contributed by atoms with van der Waals surface area (Å²) in [5.74, 6) is 1.40. The molecule has 0 saturated carbocycles. The summed E-state index contributed by atoms with van der Waals surface area (Å²) in [5.41, 5.74) is 6.96. The van der Waals surface area contributed by atoms with Crippen molar-refractivity contribution in [1.82, 2.24) is 15.3 Å². The Bertz CT molecular complexity index is 1260. The normalized spacial score (nSPS) is 17.4. The number of piperidine rings is 1. The van der Waals surface area contributed by atoms with E-state index in [1.165, 1.54) is 18.4 Å². The van der Waals surface area contributed by atoms with Crippen LogP contribution in [0.15, 0.2) is 60.3 Å². The average molecular weight is 496 g/mol. The van der Waals surface area contributed by atoms with Crippen molar-refractivity contribution in [2.45, 2.75) is 58.3 Å². The summed E-state index contributed by atoms with van der Waals surface area (Å²) in [4.78, 5) is 22.9. The lowest BCUT2D eigenvalue weighted by Gasteiger charge is -2.24. The van der Waals surface area contributed by atoms with Crippen LogP contribution in [-0.2, 0) is 4.79 Å². The molecule has 1 fully saturated rings. The van der Waals surface area contributed by atoms with Crippen LogP contribution in [-0.4, -0.2) is 29.0 Å². The Labute approximate surface area is 220 Å². The third kappa shape index (κ3) is 5.59. The minimum Gasteiger partial charge on any atom is -0.324 e. The van der Waals surface area contributed by atoms with Gasteiger partial charge < -0.3 is 16.0 Å². The van der Waals surface area contributed by atoms with Crippen LogP contribution < -0.4 is 16.0 Å². The number of aryl methyl sites for hydroxylation is 1. The highest BCUT2D eigenvalue weighted by atomic mass is 16.1. The van der Waals surface area contributed by atoms with Gasteiger partial charge in [0.25, 0.3) is 5.91 Å². The van der Waals surface area contributed by atoms with E-state index in [-0.39, 0.29) is 11.8 Å². The highest BCUT2D eigenvalue weighted by Gasteiger charge is 2.36. The predicted octanol–water partition coefficient (Wildman–Crippen LogP) is 6.55.